The second-order valence-electron chi connectivity index (χ2n) is 4.39. The zero-order valence-corrected chi connectivity index (χ0v) is 11.7. The molecule has 1 unspecified atom stereocenters. The Balaban J connectivity index is 2.97. The normalized spacial score (nSPS) is 13.1. The molecule has 0 fully saturated rings. The smallest absolute Gasteiger partial charge is 0.383 e. The van der Waals surface area contributed by atoms with Gasteiger partial charge in [-0.15, -0.1) is 0 Å². The van der Waals surface area contributed by atoms with Crippen LogP contribution in [0.2, 0.25) is 0 Å². The molecule has 0 radical (unpaired) electrons. The van der Waals surface area contributed by atoms with Crippen molar-refractivity contribution in [2.75, 3.05) is 30.9 Å². The van der Waals surface area contributed by atoms with Crippen molar-refractivity contribution < 1.29 is 17.9 Å². The Morgan fingerprint density at radius 2 is 2.05 bits per heavy atom. The molecule has 1 aromatic heterocycles. The Morgan fingerprint density at radius 3 is 2.60 bits per heavy atom. The number of alkyl halides is 3. The van der Waals surface area contributed by atoms with E-state index in [0.29, 0.717) is 13.2 Å². The van der Waals surface area contributed by atoms with Crippen LogP contribution in [0.1, 0.15) is 26.0 Å². The second-order valence-corrected chi connectivity index (χ2v) is 4.39. The minimum atomic E-state index is -4.51. The van der Waals surface area contributed by atoms with Gasteiger partial charge in [0.15, 0.2) is 5.69 Å². The third kappa shape index (κ3) is 5.20. The standard InChI is InChI=1S/C12H19F3N4O/c1-4-5-16-11-18-9(12(13,14)15)6-10(19-11)17-8(2)7-20-3/h6,8H,4-5,7H2,1-3H3,(H2,16,17,18,19). The van der Waals surface area contributed by atoms with Crippen LogP contribution in [0.15, 0.2) is 6.07 Å². The molecule has 0 spiro atoms. The highest BCUT2D eigenvalue weighted by molar-refractivity contribution is 5.43. The SMILES string of the molecule is CCCNc1nc(NC(C)COC)cc(C(F)(F)F)n1. The summed E-state index contributed by atoms with van der Waals surface area (Å²) in [6.07, 6.45) is -3.74. The van der Waals surface area contributed by atoms with Crippen LogP contribution in [0.4, 0.5) is 24.9 Å². The van der Waals surface area contributed by atoms with Crippen LogP contribution in [-0.2, 0) is 10.9 Å². The van der Waals surface area contributed by atoms with Gasteiger partial charge in [-0.3, -0.25) is 0 Å². The topological polar surface area (TPSA) is 59.1 Å². The summed E-state index contributed by atoms with van der Waals surface area (Å²) in [5.41, 5.74) is -0.974. The van der Waals surface area contributed by atoms with Crippen molar-refractivity contribution in [2.45, 2.75) is 32.5 Å². The summed E-state index contributed by atoms with van der Waals surface area (Å²) in [6, 6.07) is 0.735. The molecule has 0 saturated heterocycles. The minimum absolute atomic E-state index is 0.0335. The first-order valence-electron chi connectivity index (χ1n) is 6.32. The highest BCUT2D eigenvalue weighted by Gasteiger charge is 2.33. The summed E-state index contributed by atoms with van der Waals surface area (Å²) in [4.78, 5) is 7.49. The zero-order chi connectivity index (χ0) is 15.2. The molecule has 0 amide bonds. The highest BCUT2D eigenvalue weighted by Crippen LogP contribution is 2.29. The van der Waals surface area contributed by atoms with E-state index in [1.807, 2.05) is 6.92 Å². The molecular formula is C12H19F3N4O. The van der Waals surface area contributed by atoms with Crippen LogP contribution >= 0.6 is 0 Å². The number of hydrogen-bond donors (Lipinski definition) is 2. The van der Waals surface area contributed by atoms with E-state index in [1.54, 1.807) is 6.92 Å². The maximum atomic E-state index is 12.8. The fourth-order valence-electron chi connectivity index (χ4n) is 1.53. The first-order valence-corrected chi connectivity index (χ1v) is 6.32. The van der Waals surface area contributed by atoms with E-state index in [0.717, 1.165) is 12.5 Å². The van der Waals surface area contributed by atoms with Crippen LogP contribution in [-0.4, -0.2) is 36.3 Å². The third-order valence-electron chi connectivity index (χ3n) is 2.36. The fraction of sp³-hybridized carbons (Fsp3) is 0.667. The van der Waals surface area contributed by atoms with E-state index in [1.165, 1.54) is 7.11 Å². The minimum Gasteiger partial charge on any atom is -0.383 e. The highest BCUT2D eigenvalue weighted by atomic mass is 19.4. The van der Waals surface area contributed by atoms with Gasteiger partial charge in [0.25, 0.3) is 0 Å². The van der Waals surface area contributed by atoms with Gasteiger partial charge in [-0.25, -0.2) is 4.98 Å². The van der Waals surface area contributed by atoms with E-state index in [-0.39, 0.29) is 17.8 Å². The van der Waals surface area contributed by atoms with Gasteiger partial charge >= 0.3 is 6.18 Å². The molecule has 0 aliphatic heterocycles. The summed E-state index contributed by atoms with van der Waals surface area (Å²) in [6.45, 7) is 4.57. The van der Waals surface area contributed by atoms with E-state index >= 15 is 0 Å². The van der Waals surface area contributed by atoms with Crippen molar-refractivity contribution in [3.63, 3.8) is 0 Å². The number of anilines is 2. The van der Waals surface area contributed by atoms with Crippen molar-refractivity contribution >= 4 is 11.8 Å². The Morgan fingerprint density at radius 1 is 1.35 bits per heavy atom. The number of nitrogens with one attached hydrogen (secondary N) is 2. The third-order valence-corrected chi connectivity index (χ3v) is 2.36. The lowest BCUT2D eigenvalue weighted by atomic mass is 10.3. The number of rotatable bonds is 7. The molecule has 8 heteroatoms. The van der Waals surface area contributed by atoms with E-state index in [4.69, 9.17) is 4.74 Å². The predicted molar refractivity (Wildman–Crippen MR) is 70.8 cm³/mol. The number of ether oxygens (including phenoxy) is 1. The Labute approximate surface area is 116 Å². The lowest BCUT2D eigenvalue weighted by molar-refractivity contribution is -0.141. The lowest BCUT2D eigenvalue weighted by Gasteiger charge is -2.16. The molecule has 0 saturated carbocycles. The van der Waals surface area contributed by atoms with Crippen molar-refractivity contribution in [3.8, 4) is 0 Å². The van der Waals surface area contributed by atoms with Crippen LogP contribution < -0.4 is 10.6 Å². The van der Waals surface area contributed by atoms with Crippen LogP contribution in [0.25, 0.3) is 0 Å². The summed E-state index contributed by atoms with van der Waals surface area (Å²) >= 11 is 0. The number of methoxy groups -OCH3 is 1. The molecule has 2 N–H and O–H groups in total. The van der Waals surface area contributed by atoms with Crippen molar-refractivity contribution in [3.05, 3.63) is 11.8 Å². The fourth-order valence-corrected chi connectivity index (χ4v) is 1.53. The average Bonchev–Trinajstić information content (AvgIpc) is 2.35. The maximum absolute atomic E-state index is 12.8. The summed E-state index contributed by atoms with van der Waals surface area (Å²) in [5, 5.41) is 5.61. The second kappa shape index (κ2) is 7.28. The molecule has 20 heavy (non-hydrogen) atoms. The van der Waals surface area contributed by atoms with Gasteiger partial charge in [0.1, 0.15) is 5.82 Å². The molecule has 1 rings (SSSR count). The molecular weight excluding hydrogens is 273 g/mol. The monoisotopic (exact) mass is 292 g/mol. The molecule has 0 bridgehead atoms. The summed E-state index contributed by atoms with van der Waals surface area (Å²) < 4.78 is 43.3. The first kappa shape index (κ1) is 16.5. The molecule has 1 aromatic rings. The van der Waals surface area contributed by atoms with E-state index in [9.17, 15) is 13.2 Å². The molecule has 1 heterocycles. The number of hydrogen-bond acceptors (Lipinski definition) is 5. The maximum Gasteiger partial charge on any atom is 0.433 e. The molecule has 0 aliphatic carbocycles. The average molecular weight is 292 g/mol. The van der Waals surface area contributed by atoms with Gasteiger partial charge in [-0.05, 0) is 13.3 Å². The van der Waals surface area contributed by atoms with E-state index in [2.05, 4.69) is 20.6 Å². The van der Waals surface area contributed by atoms with Crippen molar-refractivity contribution in [1.82, 2.24) is 9.97 Å². The van der Waals surface area contributed by atoms with Gasteiger partial charge in [0, 0.05) is 25.8 Å². The van der Waals surface area contributed by atoms with Gasteiger partial charge in [-0.1, -0.05) is 6.92 Å². The number of aromatic nitrogens is 2. The molecule has 1 atom stereocenters. The summed E-state index contributed by atoms with van der Waals surface area (Å²) in [7, 11) is 1.52. The Kier molecular flexibility index (Phi) is 6.00. The van der Waals surface area contributed by atoms with Gasteiger partial charge in [0.05, 0.1) is 6.61 Å². The number of halogens is 3. The lowest BCUT2D eigenvalue weighted by Crippen LogP contribution is -2.23. The van der Waals surface area contributed by atoms with Crippen LogP contribution in [0.3, 0.4) is 0 Å². The van der Waals surface area contributed by atoms with Crippen LogP contribution in [0, 0.1) is 0 Å². The molecule has 5 nitrogen and oxygen atoms in total. The zero-order valence-electron chi connectivity index (χ0n) is 11.7. The summed E-state index contributed by atoms with van der Waals surface area (Å²) in [5.74, 6) is 0.0873. The Hall–Kier alpha value is -1.57. The largest absolute Gasteiger partial charge is 0.433 e. The molecule has 0 aromatic carbocycles. The molecule has 114 valence electrons. The quantitative estimate of drug-likeness (QED) is 0.809. The van der Waals surface area contributed by atoms with Gasteiger partial charge < -0.3 is 15.4 Å². The van der Waals surface area contributed by atoms with Gasteiger partial charge in [-0.2, -0.15) is 18.2 Å². The van der Waals surface area contributed by atoms with Gasteiger partial charge in [0.2, 0.25) is 5.95 Å². The van der Waals surface area contributed by atoms with Crippen molar-refractivity contribution in [1.29, 1.82) is 0 Å². The predicted octanol–water partition coefficient (Wildman–Crippen LogP) is 2.76. The van der Waals surface area contributed by atoms with Crippen LogP contribution in [0.5, 0.6) is 0 Å². The first-order chi connectivity index (χ1) is 9.36. The van der Waals surface area contributed by atoms with E-state index < -0.39 is 11.9 Å². The Bertz CT molecular complexity index is 426. The molecule has 0 aliphatic rings. The van der Waals surface area contributed by atoms with Crippen molar-refractivity contribution in [2.24, 2.45) is 0 Å². The number of nitrogens with zero attached hydrogens (tertiary/aromatic N) is 2.